The Hall–Kier alpha value is -4.24. The van der Waals surface area contributed by atoms with Gasteiger partial charge in [0.2, 0.25) is 0 Å². The monoisotopic (exact) mass is 805 g/mol. The molecule has 12 nitrogen and oxygen atoms in total. The zero-order chi connectivity index (χ0) is 42.6. The smallest absolute Gasteiger partial charge is 0.119 e. The van der Waals surface area contributed by atoms with Gasteiger partial charge in [0.1, 0.15) is 48.4 Å². The van der Waals surface area contributed by atoms with E-state index in [1.165, 1.54) is 16.7 Å². The Morgan fingerprint density at radius 3 is 1.02 bits per heavy atom. The minimum absolute atomic E-state index is 0.0149. The summed E-state index contributed by atoms with van der Waals surface area (Å²) in [4.78, 5) is 3.73. The van der Waals surface area contributed by atoms with Crippen LogP contribution in [0.2, 0.25) is 0 Å². The molecule has 0 fully saturated rings. The molecular weight excluding hydrogens is 739 g/mol. The molecule has 0 aliphatic heterocycles. The number of aliphatic hydroxyl groups is 5. The van der Waals surface area contributed by atoms with Gasteiger partial charge >= 0.3 is 0 Å². The Morgan fingerprint density at radius 2 is 0.759 bits per heavy atom. The molecule has 320 valence electrons. The van der Waals surface area contributed by atoms with Gasteiger partial charge in [0.25, 0.3) is 0 Å². The number of methoxy groups -OCH3 is 2. The van der Waals surface area contributed by atoms with Gasteiger partial charge in [0.15, 0.2) is 0 Å². The first-order valence-corrected chi connectivity index (χ1v) is 19.9. The molecule has 4 aromatic rings. The fraction of sp³-hybridized carbons (Fsp3) is 0.478. The van der Waals surface area contributed by atoms with Gasteiger partial charge in [-0.1, -0.05) is 76.2 Å². The summed E-state index contributed by atoms with van der Waals surface area (Å²) >= 11 is 0. The Balaban J connectivity index is 0.000000310. The molecule has 0 saturated heterocycles. The lowest BCUT2D eigenvalue weighted by Gasteiger charge is -2.26. The summed E-state index contributed by atoms with van der Waals surface area (Å²) in [7, 11) is 3.32. The fourth-order valence-electron chi connectivity index (χ4n) is 6.57. The topological polar surface area (TPSA) is 171 Å². The van der Waals surface area contributed by atoms with Crippen molar-refractivity contribution in [3.63, 3.8) is 0 Å². The Labute approximate surface area is 345 Å². The highest BCUT2D eigenvalue weighted by atomic mass is 16.5. The molecule has 7 N–H and O–H groups in total. The van der Waals surface area contributed by atoms with E-state index in [2.05, 4.69) is 64.1 Å². The van der Waals surface area contributed by atoms with E-state index in [0.717, 1.165) is 17.1 Å². The van der Waals surface area contributed by atoms with Gasteiger partial charge in [-0.15, -0.1) is 0 Å². The standard InChI is InChI=1S/C23H34N2O4.C23H33NO5/c1-23(2,18-4-8-21(28-3)9-5-18)19-6-10-22(11-7-19)29-17-20(27)16-25(13-12-24)14-15-26;1-23(2,18-4-8-21(28-3)9-5-18)19-6-10-22(11-7-19)29-17-20(27)16-24(12-14-25)13-15-26/h4-11,20,26-27H,12-17,24H2,1-3H3;4-11,20,25-27H,12-17H2,1-3H3. The molecule has 4 aromatic carbocycles. The van der Waals surface area contributed by atoms with Crippen molar-refractivity contribution in [3.8, 4) is 23.0 Å². The molecule has 0 bridgehead atoms. The van der Waals surface area contributed by atoms with Crippen LogP contribution >= 0.6 is 0 Å². The van der Waals surface area contributed by atoms with E-state index in [9.17, 15) is 10.2 Å². The zero-order valence-electron chi connectivity index (χ0n) is 35.2. The summed E-state index contributed by atoms with van der Waals surface area (Å²) in [6.07, 6.45) is -1.35. The Bertz CT molecular complexity index is 1550. The van der Waals surface area contributed by atoms with Crippen LogP contribution in [-0.2, 0) is 10.8 Å². The number of benzene rings is 4. The molecule has 0 aliphatic rings. The molecule has 2 unspecified atom stereocenters. The van der Waals surface area contributed by atoms with Crippen LogP contribution in [0.15, 0.2) is 97.1 Å². The molecule has 0 heterocycles. The number of nitrogens with zero attached hydrogens (tertiary/aromatic N) is 2. The maximum atomic E-state index is 10.2. The average molecular weight is 806 g/mol. The number of hydrogen-bond acceptors (Lipinski definition) is 12. The lowest BCUT2D eigenvalue weighted by atomic mass is 9.78. The summed E-state index contributed by atoms with van der Waals surface area (Å²) in [5, 5.41) is 47.5. The van der Waals surface area contributed by atoms with Crippen molar-refractivity contribution >= 4 is 0 Å². The van der Waals surface area contributed by atoms with Crippen LogP contribution in [0.5, 0.6) is 23.0 Å². The molecule has 0 amide bonds. The van der Waals surface area contributed by atoms with E-state index in [-0.39, 0.29) is 43.9 Å². The van der Waals surface area contributed by atoms with Crippen molar-refractivity contribution in [2.24, 2.45) is 5.73 Å². The quantitative estimate of drug-likeness (QED) is 0.0602. The summed E-state index contributed by atoms with van der Waals surface area (Å²) < 4.78 is 21.9. The van der Waals surface area contributed by atoms with Crippen LogP contribution in [0, 0.1) is 0 Å². The molecule has 0 aromatic heterocycles. The number of nitrogens with two attached hydrogens (primary N) is 1. The van der Waals surface area contributed by atoms with Crippen LogP contribution in [0.3, 0.4) is 0 Å². The lowest BCUT2D eigenvalue weighted by molar-refractivity contribution is 0.0552. The molecule has 12 heteroatoms. The normalized spacial score (nSPS) is 12.8. The highest BCUT2D eigenvalue weighted by Gasteiger charge is 2.24. The van der Waals surface area contributed by atoms with Gasteiger partial charge in [-0.2, -0.15) is 0 Å². The third-order valence-corrected chi connectivity index (χ3v) is 10.3. The van der Waals surface area contributed by atoms with Crippen LogP contribution < -0.4 is 24.7 Å². The van der Waals surface area contributed by atoms with Crippen molar-refractivity contribution < 1.29 is 44.5 Å². The van der Waals surface area contributed by atoms with E-state index >= 15 is 0 Å². The number of hydrogen-bond donors (Lipinski definition) is 6. The molecule has 4 rings (SSSR count). The van der Waals surface area contributed by atoms with Crippen LogP contribution in [-0.4, -0.2) is 141 Å². The maximum absolute atomic E-state index is 10.2. The second-order valence-electron chi connectivity index (χ2n) is 15.2. The van der Waals surface area contributed by atoms with Crippen molar-refractivity contribution in [1.82, 2.24) is 9.80 Å². The van der Waals surface area contributed by atoms with Crippen molar-refractivity contribution in [2.75, 3.05) is 93.1 Å². The third kappa shape index (κ3) is 15.2. The first-order chi connectivity index (χ1) is 27.8. The highest BCUT2D eigenvalue weighted by Crippen LogP contribution is 2.34. The molecule has 58 heavy (non-hydrogen) atoms. The number of ether oxygens (including phenoxy) is 4. The fourth-order valence-corrected chi connectivity index (χ4v) is 6.57. The maximum Gasteiger partial charge on any atom is 0.119 e. The van der Waals surface area contributed by atoms with Crippen molar-refractivity contribution in [3.05, 3.63) is 119 Å². The summed E-state index contributed by atoms with van der Waals surface area (Å²) in [5.41, 5.74) is 9.96. The number of aliphatic hydroxyl groups excluding tert-OH is 5. The molecule has 0 spiro atoms. The molecule has 2 atom stereocenters. The number of rotatable bonds is 24. The Morgan fingerprint density at radius 1 is 0.483 bits per heavy atom. The summed E-state index contributed by atoms with van der Waals surface area (Å²) in [6.45, 7) is 12.2. The molecule has 0 radical (unpaired) electrons. The second kappa shape index (κ2) is 24.6. The van der Waals surface area contributed by atoms with Gasteiger partial charge in [-0.25, -0.2) is 0 Å². The van der Waals surface area contributed by atoms with Gasteiger partial charge in [0, 0.05) is 56.6 Å². The second-order valence-corrected chi connectivity index (χ2v) is 15.2. The van der Waals surface area contributed by atoms with Gasteiger partial charge in [-0.05, 0) is 70.8 Å². The van der Waals surface area contributed by atoms with Gasteiger partial charge < -0.3 is 50.2 Å². The van der Waals surface area contributed by atoms with E-state index in [0.29, 0.717) is 57.3 Å². The molecule has 0 saturated carbocycles. The van der Waals surface area contributed by atoms with Gasteiger partial charge in [-0.3, -0.25) is 9.80 Å². The average Bonchev–Trinajstić information content (AvgIpc) is 3.23. The largest absolute Gasteiger partial charge is 0.497 e. The van der Waals surface area contributed by atoms with Crippen LogP contribution in [0.1, 0.15) is 49.9 Å². The van der Waals surface area contributed by atoms with E-state index < -0.39 is 12.2 Å². The predicted molar refractivity (Wildman–Crippen MR) is 229 cm³/mol. The van der Waals surface area contributed by atoms with Crippen LogP contribution in [0.4, 0.5) is 0 Å². The van der Waals surface area contributed by atoms with E-state index in [4.69, 9.17) is 40.0 Å². The van der Waals surface area contributed by atoms with E-state index in [1.54, 1.807) is 19.1 Å². The first kappa shape index (κ1) is 48.1. The molecular formula is C46H67N3O9. The summed E-state index contributed by atoms with van der Waals surface area (Å²) in [5.74, 6) is 3.08. The highest BCUT2D eigenvalue weighted by molar-refractivity contribution is 5.43. The third-order valence-electron chi connectivity index (χ3n) is 10.3. The van der Waals surface area contributed by atoms with Gasteiger partial charge in [0.05, 0.1) is 34.0 Å². The van der Waals surface area contributed by atoms with E-state index in [1.807, 2.05) is 65.6 Å². The molecule has 0 aliphatic carbocycles. The van der Waals surface area contributed by atoms with Crippen molar-refractivity contribution in [2.45, 2.75) is 50.7 Å². The minimum Gasteiger partial charge on any atom is -0.497 e. The SMILES string of the molecule is COc1ccc(C(C)(C)c2ccc(OCC(O)CN(CCN)CCO)cc2)cc1.COc1ccc(C(C)(C)c2ccc(OCC(O)CN(CCO)CCO)cc2)cc1. The first-order valence-electron chi connectivity index (χ1n) is 19.9. The predicted octanol–water partition coefficient (Wildman–Crippen LogP) is 4.06. The minimum atomic E-state index is -0.705. The zero-order valence-corrected chi connectivity index (χ0v) is 35.2. The lowest BCUT2D eigenvalue weighted by Crippen LogP contribution is -2.40. The Kier molecular flexibility index (Phi) is 20.4. The summed E-state index contributed by atoms with van der Waals surface area (Å²) in [6, 6.07) is 32.0. The van der Waals surface area contributed by atoms with Crippen LogP contribution in [0.25, 0.3) is 0 Å². The van der Waals surface area contributed by atoms with Crippen molar-refractivity contribution in [1.29, 1.82) is 0 Å².